The Balaban J connectivity index is 1.35. The number of amides is 2. The van der Waals surface area contributed by atoms with Crippen molar-refractivity contribution >= 4 is 18.0 Å². The number of nitrogens with one attached hydrogen (secondary N) is 1. The molecule has 2 amide bonds. The molecular formula is C25H28N2O5. The van der Waals surface area contributed by atoms with Gasteiger partial charge in [-0.1, -0.05) is 61.9 Å². The third-order valence-electron chi connectivity index (χ3n) is 6.24. The van der Waals surface area contributed by atoms with Gasteiger partial charge >= 0.3 is 12.1 Å². The summed E-state index contributed by atoms with van der Waals surface area (Å²) in [7, 11) is 0. The summed E-state index contributed by atoms with van der Waals surface area (Å²) >= 11 is 0. The van der Waals surface area contributed by atoms with Gasteiger partial charge in [-0.05, 0) is 28.7 Å². The number of hydrogen-bond donors (Lipinski definition) is 2. The van der Waals surface area contributed by atoms with Crippen molar-refractivity contribution in [2.45, 2.75) is 38.1 Å². The lowest BCUT2D eigenvalue weighted by atomic mass is 9.95. The van der Waals surface area contributed by atoms with Crippen molar-refractivity contribution in [1.82, 2.24) is 10.2 Å². The number of nitrogens with zero attached hydrogens (tertiary/aromatic N) is 1. The second kappa shape index (κ2) is 9.42. The number of rotatable bonds is 8. The molecule has 168 valence electrons. The van der Waals surface area contributed by atoms with E-state index in [4.69, 9.17) is 9.84 Å². The summed E-state index contributed by atoms with van der Waals surface area (Å²) in [5, 5.41) is 11.6. The van der Waals surface area contributed by atoms with Crippen molar-refractivity contribution in [1.29, 1.82) is 0 Å². The lowest BCUT2D eigenvalue weighted by Crippen LogP contribution is -2.57. The first-order chi connectivity index (χ1) is 15.5. The van der Waals surface area contributed by atoms with Gasteiger partial charge in [-0.2, -0.15) is 0 Å². The van der Waals surface area contributed by atoms with Gasteiger partial charge < -0.3 is 20.1 Å². The molecule has 0 bridgehead atoms. The number of likely N-dealkylation sites (tertiary alicyclic amines) is 1. The zero-order valence-electron chi connectivity index (χ0n) is 18.1. The highest BCUT2D eigenvalue weighted by atomic mass is 16.5. The highest BCUT2D eigenvalue weighted by Crippen LogP contribution is 2.44. The van der Waals surface area contributed by atoms with Crippen molar-refractivity contribution < 1.29 is 24.2 Å². The number of fused-ring (bicyclic) bond motifs is 3. The van der Waals surface area contributed by atoms with Gasteiger partial charge in [-0.3, -0.25) is 9.59 Å². The second-order valence-electron chi connectivity index (χ2n) is 8.52. The number of benzene rings is 2. The van der Waals surface area contributed by atoms with Crippen LogP contribution in [0.3, 0.4) is 0 Å². The van der Waals surface area contributed by atoms with Crippen LogP contribution in [0, 0.1) is 5.92 Å². The SMILES string of the molecule is CCCC(NC(=O)OCC1c2ccccc2-c2ccccc21)C(=O)N1CC(CC(=O)O)C1. The molecule has 1 aliphatic heterocycles. The monoisotopic (exact) mass is 436 g/mol. The van der Waals surface area contributed by atoms with Crippen molar-refractivity contribution in [3.8, 4) is 11.1 Å². The number of carbonyl (C=O) groups excluding carboxylic acids is 2. The van der Waals surface area contributed by atoms with E-state index in [1.165, 1.54) is 0 Å². The number of carboxylic acids is 1. The molecule has 0 spiro atoms. The minimum atomic E-state index is -0.857. The second-order valence-corrected chi connectivity index (χ2v) is 8.52. The summed E-state index contributed by atoms with van der Waals surface area (Å²) < 4.78 is 5.57. The van der Waals surface area contributed by atoms with E-state index in [9.17, 15) is 14.4 Å². The topological polar surface area (TPSA) is 95.9 Å². The quantitative estimate of drug-likeness (QED) is 0.659. The zero-order valence-corrected chi connectivity index (χ0v) is 18.1. The van der Waals surface area contributed by atoms with Crippen molar-refractivity contribution in [2.24, 2.45) is 5.92 Å². The lowest BCUT2D eigenvalue weighted by molar-refractivity contribution is -0.146. The summed E-state index contributed by atoms with van der Waals surface area (Å²) in [5.74, 6) is -1.10. The van der Waals surface area contributed by atoms with Crippen LogP contribution in [0.15, 0.2) is 48.5 Å². The number of ether oxygens (including phenoxy) is 1. The summed E-state index contributed by atoms with van der Waals surface area (Å²) in [6.45, 7) is 2.97. The Labute approximate surface area is 187 Å². The summed E-state index contributed by atoms with van der Waals surface area (Å²) in [6.07, 6.45) is 0.679. The fourth-order valence-corrected chi connectivity index (χ4v) is 4.67. The first-order valence-corrected chi connectivity index (χ1v) is 11.1. The van der Waals surface area contributed by atoms with E-state index in [1.54, 1.807) is 4.90 Å². The Morgan fingerprint density at radius 2 is 1.66 bits per heavy atom. The van der Waals surface area contributed by atoms with Crippen LogP contribution < -0.4 is 5.32 Å². The lowest BCUT2D eigenvalue weighted by Gasteiger charge is -2.40. The number of carboxylic acid groups (broad SMARTS) is 1. The van der Waals surface area contributed by atoms with Crippen LogP contribution in [0.1, 0.15) is 43.2 Å². The molecule has 2 N–H and O–H groups in total. The van der Waals surface area contributed by atoms with Crippen LogP contribution in [0.5, 0.6) is 0 Å². The van der Waals surface area contributed by atoms with Crippen LogP contribution in [0.2, 0.25) is 0 Å². The third kappa shape index (κ3) is 4.47. The van der Waals surface area contributed by atoms with E-state index >= 15 is 0 Å². The van der Waals surface area contributed by atoms with E-state index < -0.39 is 18.1 Å². The van der Waals surface area contributed by atoms with Crippen LogP contribution in [-0.2, 0) is 14.3 Å². The summed E-state index contributed by atoms with van der Waals surface area (Å²) in [4.78, 5) is 37.8. The fourth-order valence-electron chi connectivity index (χ4n) is 4.67. The first kappa shape index (κ1) is 21.9. The predicted molar refractivity (Wildman–Crippen MR) is 119 cm³/mol. The Hall–Kier alpha value is -3.35. The van der Waals surface area contributed by atoms with Crippen LogP contribution in [0.25, 0.3) is 11.1 Å². The maximum absolute atomic E-state index is 12.8. The Kier molecular flexibility index (Phi) is 6.44. The van der Waals surface area contributed by atoms with Crippen molar-refractivity contribution in [2.75, 3.05) is 19.7 Å². The molecule has 1 atom stereocenters. The van der Waals surface area contributed by atoms with Gasteiger partial charge in [-0.25, -0.2) is 4.79 Å². The fraction of sp³-hybridized carbons (Fsp3) is 0.400. The molecule has 32 heavy (non-hydrogen) atoms. The highest BCUT2D eigenvalue weighted by molar-refractivity contribution is 5.86. The largest absolute Gasteiger partial charge is 0.481 e. The number of aliphatic carboxylic acids is 1. The van der Waals surface area contributed by atoms with Crippen LogP contribution >= 0.6 is 0 Å². The molecule has 2 aliphatic rings. The maximum Gasteiger partial charge on any atom is 0.407 e. The average Bonchev–Trinajstić information content (AvgIpc) is 3.07. The number of alkyl carbamates (subject to hydrolysis) is 1. The Morgan fingerprint density at radius 1 is 1.06 bits per heavy atom. The minimum Gasteiger partial charge on any atom is -0.481 e. The molecule has 0 saturated carbocycles. The molecule has 1 aliphatic carbocycles. The third-order valence-corrected chi connectivity index (χ3v) is 6.24. The smallest absolute Gasteiger partial charge is 0.407 e. The first-order valence-electron chi connectivity index (χ1n) is 11.1. The van der Waals surface area contributed by atoms with E-state index in [0.717, 1.165) is 28.7 Å². The zero-order chi connectivity index (χ0) is 22.7. The van der Waals surface area contributed by atoms with Crippen LogP contribution in [0.4, 0.5) is 4.79 Å². The molecule has 0 aromatic heterocycles. The summed E-state index contributed by atoms with van der Waals surface area (Å²) in [6, 6.07) is 15.6. The predicted octanol–water partition coefficient (Wildman–Crippen LogP) is 3.63. The van der Waals surface area contributed by atoms with Crippen molar-refractivity contribution in [3.63, 3.8) is 0 Å². The standard InChI is InChI=1S/C25H28N2O5/c1-2-7-22(24(30)27-13-16(14-27)12-23(28)29)26-25(31)32-15-21-19-10-5-3-8-17(19)18-9-4-6-11-20(18)21/h3-6,8-11,16,21-22H,2,7,12-15H2,1H3,(H,26,31)(H,28,29). The average molecular weight is 437 g/mol. The van der Waals surface area contributed by atoms with E-state index in [1.807, 2.05) is 31.2 Å². The molecule has 2 aromatic carbocycles. The van der Waals surface area contributed by atoms with Gasteiger partial charge in [0.15, 0.2) is 0 Å². The van der Waals surface area contributed by atoms with E-state index in [-0.39, 0.29) is 30.8 Å². The Morgan fingerprint density at radius 3 is 2.22 bits per heavy atom. The molecule has 1 unspecified atom stereocenters. The molecule has 7 nitrogen and oxygen atoms in total. The molecule has 2 aromatic rings. The highest BCUT2D eigenvalue weighted by Gasteiger charge is 2.36. The number of hydrogen-bond acceptors (Lipinski definition) is 4. The maximum atomic E-state index is 12.8. The summed E-state index contributed by atoms with van der Waals surface area (Å²) in [5.41, 5.74) is 4.58. The molecule has 0 radical (unpaired) electrons. The minimum absolute atomic E-state index is 0.0202. The molecule has 1 fully saturated rings. The molecule has 4 rings (SSSR count). The molecular weight excluding hydrogens is 408 g/mol. The molecule has 1 heterocycles. The van der Waals surface area contributed by atoms with Crippen LogP contribution in [-0.4, -0.2) is 53.7 Å². The van der Waals surface area contributed by atoms with E-state index in [0.29, 0.717) is 19.5 Å². The Bertz CT molecular complexity index is 969. The van der Waals surface area contributed by atoms with Gasteiger partial charge in [0.2, 0.25) is 5.91 Å². The van der Waals surface area contributed by atoms with E-state index in [2.05, 4.69) is 29.6 Å². The normalized spacial score (nSPS) is 16.0. The van der Waals surface area contributed by atoms with Gasteiger partial charge in [0.1, 0.15) is 12.6 Å². The van der Waals surface area contributed by atoms with Crippen molar-refractivity contribution in [3.05, 3.63) is 59.7 Å². The van der Waals surface area contributed by atoms with Gasteiger partial charge in [0, 0.05) is 24.9 Å². The number of carbonyl (C=O) groups is 3. The van der Waals surface area contributed by atoms with Gasteiger partial charge in [0.05, 0.1) is 6.42 Å². The van der Waals surface area contributed by atoms with Gasteiger partial charge in [-0.15, -0.1) is 0 Å². The van der Waals surface area contributed by atoms with Gasteiger partial charge in [0.25, 0.3) is 0 Å². The molecule has 7 heteroatoms. The molecule has 1 saturated heterocycles.